The Morgan fingerprint density at radius 2 is 1.71 bits per heavy atom. The number of nitrogens with one attached hydrogen (secondary N) is 1. The standard InChI is InChI=1S/C22H23ClN4O3S/c1-15-4-6-18(14-19(15)23)24-22-8-7-20(25-26-22)17-5-3-16(2)21(13-17)31(28,29)27-9-11-30-12-10-27/h3-8,13-14H,9-12H2,1-2H3,(H,24,26). The number of halogens is 1. The third-order valence-corrected chi connectivity index (χ3v) is 7.63. The van der Waals surface area contributed by atoms with E-state index >= 15 is 0 Å². The molecule has 1 saturated heterocycles. The van der Waals surface area contributed by atoms with Crippen molar-refractivity contribution in [2.24, 2.45) is 0 Å². The van der Waals surface area contributed by atoms with Crippen LogP contribution in [0.25, 0.3) is 11.3 Å². The lowest BCUT2D eigenvalue weighted by Crippen LogP contribution is -2.40. The lowest BCUT2D eigenvalue weighted by molar-refractivity contribution is 0.0730. The molecule has 0 amide bonds. The minimum atomic E-state index is -3.60. The number of morpholine rings is 1. The first kappa shape index (κ1) is 21.7. The summed E-state index contributed by atoms with van der Waals surface area (Å²) >= 11 is 6.17. The second kappa shape index (κ2) is 8.92. The first-order valence-electron chi connectivity index (χ1n) is 9.90. The van der Waals surface area contributed by atoms with Crippen LogP contribution in [-0.2, 0) is 14.8 Å². The number of benzene rings is 2. The fourth-order valence-corrected chi connectivity index (χ4v) is 5.17. The van der Waals surface area contributed by atoms with Crippen LogP contribution < -0.4 is 5.32 Å². The maximum absolute atomic E-state index is 13.1. The van der Waals surface area contributed by atoms with Crippen LogP contribution in [0.5, 0.6) is 0 Å². The summed E-state index contributed by atoms with van der Waals surface area (Å²) in [6, 6.07) is 14.6. The summed E-state index contributed by atoms with van der Waals surface area (Å²) in [5.41, 5.74) is 3.78. The fraction of sp³-hybridized carbons (Fsp3) is 0.273. The van der Waals surface area contributed by atoms with Gasteiger partial charge < -0.3 is 10.1 Å². The van der Waals surface area contributed by atoms with E-state index in [2.05, 4.69) is 15.5 Å². The van der Waals surface area contributed by atoms with Crippen molar-refractivity contribution in [1.29, 1.82) is 0 Å². The van der Waals surface area contributed by atoms with Crippen LogP contribution >= 0.6 is 11.6 Å². The summed E-state index contributed by atoms with van der Waals surface area (Å²) in [6.45, 7) is 5.26. The van der Waals surface area contributed by atoms with Gasteiger partial charge in [-0.05, 0) is 55.3 Å². The molecule has 0 radical (unpaired) electrons. The highest BCUT2D eigenvalue weighted by Gasteiger charge is 2.28. The Bertz CT molecular complexity index is 1190. The molecule has 9 heteroatoms. The van der Waals surface area contributed by atoms with E-state index in [1.165, 1.54) is 4.31 Å². The Labute approximate surface area is 187 Å². The monoisotopic (exact) mass is 458 g/mol. The van der Waals surface area contributed by atoms with E-state index in [1.54, 1.807) is 31.2 Å². The van der Waals surface area contributed by atoms with Gasteiger partial charge in [0, 0.05) is 29.4 Å². The molecule has 31 heavy (non-hydrogen) atoms. The molecule has 1 aromatic heterocycles. The maximum atomic E-state index is 13.1. The molecular formula is C22H23ClN4O3S. The molecular weight excluding hydrogens is 436 g/mol. The van der Waals surface area contributed by atoms with Gasteiger partial charge in [0.05, 0.1) is 23.8 Å². The third kappa shape index (κ3) is 4.72. The third-order valence-electron chi connectivity index (χ3n) is 5.18. The number of sulfonamides is 1. The summed E-state index contributed by atoms with van der Waals surface area (Å²) in [6.07, 6.45) is 0. The zero-order valence-electron chi connectivity index (χ0n) is 17.3. The molecule has 1 aliphatic heterocycles. The molecule has 0 spiro atoms. The van der Waals surface area contributed by atoms with E-state index in [-0.39, 0.29) is 4.90 Å². The van der Waals surface area contributed by atoms with E-state index in [1.807, 2.05) is 31.2 Å². The van der Waals surface area contributed by atoms with E-state index in [9.17, 15) is 8.42 Å². The highest BCUT2D eigenvalue weighted by Crippen LogP contribution is 2.27. The predicted molar refractivity (Wildman–Crippen MR) is 121 cm³/mol. The molecule has 162 valence electrons. The zero-order valence-corrected chi connectivity index (χ0v) is 18.9. The van der Waals surface area contributed by atoms with Gasteiger partial charge in [0.25, 0.3) is 0 Å². The number of aryl methyl sites for hydroxylation is 2. The predicted octanol–water partition coefficient (Wildman–Crippen LogP) is 4.18. The Morgan fingerprint density at radius 1 is 0.968 bits per heavy atom. The largest absolute Gasteiger partial charge is 0.379 e. The zero-order chi connectivity index (χ0) is 22.0. The fourth-order valence-electron chi connectivity index (χ4n) is 3.33. The van der Waals surface area contributed by atoms with Gasteiger partial charge in [-0.25, -0.2) is 8.42 Å². The normalized spacial score (nSPS) is 15.1. The van der Waals surface area contributed by atoms with Crippen molar-refractivity contribution in [3.05, 3.63) is 64.7 Å². The van der Waals surface area contributed by atoms with E-state index in [4.69, 9.17) is 16.3 Å². The van der Waals surface area contributed by atoms with E-state index < -0.39 is 10.0 Å². The summed E-state index contributed by atoms with van der Waals surface area (Å²) in [7, 11) is -3.60. The van der Waals surface area contributed by atoms with Gasteiger partial charge in [-0.15, -0.1) is 10.2 Å². The molecule has 2 heterocycles. The molecule has 3 aromatic rings. The molecule has 0 unspecified atom stereocenters. The van der Waals surface area contributed by atoms with Crippen LogP contribution in [0.3, 0.4) is 0 Å². The van der Waals surface area contributed by atoms with Gasteiger partial charge in [-0.3, -0.25) is 0 Å². The van der Waals surface area contributed by atoms with Crippen molar-refractivity contribution in [3.63, 3.8) is 0 Å². The second-order valence-electron chi connectivity index (χ2n) is 7.39. The van der Waals surface area contributed by atoms with Gasteiger partial charge >= 0.3 is 0 Å². The minimum Gasteiger partial charge on any atom is -0.379 e. The van der Waals surface area contributed by atoms with Gasteiger partial charge in [-0.2, -0.15) is 4.31 Å². The Hall–Kier alpha value is -2.52. The highest BCUT2D eigenvalue weighted by atomic mass is 35.5. The quantitative estimate of drug-likeness (QED) is 0.617. The smallest absolute Gasteiger partial charge is 0.243 e. The lowest BCUT2D eigenvalue weighted by Gasteiger charge is -2.26. The summed E-state index contributed by atoms with van der Waals surface area (Å²) in [5, 5.41) is 12.3. The number of ether oxygens (including phenoxy) is 1. The van der Waals surface area contributed by atoms with E-state index in [0.29, 0.717) is 54.0 Å². The lowest BCUT2D eigenvalue weighted by atomic mass is 10.1. The second-order valence-corrected chi connectivity index (χ2v) is 9.70. The molecule has 2 aromatic carbocycles. The minimum absolute atomic E-state index is 0.283. The number of nitrogens with zero attached hydrogens (tertiary/aromatic N) is 3. The molecule has 0 aliphatic carbocycles. The van der Waals surface area contributed by atoms with E-state index in [0.717, 1.165) is 11.3 Å². The van der Waals surface area contributed by atoms with Crippen LogP contribution in [-0.4, -0.2) is 49.2 Å². The van der Waals surface area contributed by atoms with Gasteiger partial charge in [0.15, 0.2) is 5.82 Å². The molecule has 1 fully saturated rings. The average Bonchev–Trinajstić information content (AvgIpc) is 2.78. The highest BCUT2D eigenvalue weighted by molar-refractivity contribution is 7.89. The molecule has 0 bridgehead atoms. The van der Waals surface area contributed by atoms with Crippen molar-refractivity contribution >= 4 is 33.1 Å². The van der Waals surface area contributed by atoms with Crippen molar-refractivity contribution in [2.75, 3.05) is 31.6 Å². The van der Waals surface area contributed by atoms with Crippen molar-refractivity contribution in [2.45, 2.75) is 18.7 Å². The number of hydrogen-bond acceptors (Lipinski definition) is 6. The number of hydrogen-bond donors (Lipinski definition) is 1. The Balaban J connectivity index is 1.58. The maximum Gasteiger partial charge on any atom is 0.243 e. The van der Waals surface area contributed by atoms with Crippen LogP contribution in [0.1, 0.15) is 11.1 Å². The van der Waals surface area contributed by atoms with Crippen LogP contribution in [0.4, 0.5) is 11.5 Å². The SMILES string of the molecule is Cc1ccc(Nc2ccc(-c3ccc(C)c(S(=O)(=O)N4CCOCC4)c3)nn2)cc1Cl. The first-order chi connectivity index (χ1) is 14.8. The molecule has 7 nitrogen and oxygen atoms in total. The molecule has 1 N–H and O–H groups in total. The number of rotatable bonds is 5. The topological polar surface area (TPSA) is 84.4 Å². The summed E-state index contributed by atoms with van der Waals surface area (Å²) in [5.74, 6) is 0.567. The summed E-state index contributed by atoms with van der Waals surface area (Å²) < 4.78 is 33.0. The number of anilines is 2. The van der Waals surface area contributed by atoms with Crippen LogP contribution in [0.15, 0.2) is 53.4 Å². The van der Waals surface area contributed by atoms with Gasteiger partial charge in [0.1, 0.15) is 0 Å². The van der Waals surface area contributed by atoms with Crippen LogP contribution in [0.2, 0.25) is 5.02 Å². The molecule has 0 atom stereocenters. The Morgan fingerprint density at radius 3 is 2.39 bits per heavy atom. The average molecular weight is 459 g/mol. The van der Waals surface area contributed by atoms with Crippen LogP contribution in [0, 0.1) is 13.8 Å². The molecule has 4 rings (SSSR count). The Kier molecular flexibility index (Phi) is 6.24. The van der Waals surface area contributed by atoms with Crippen molar-refractivity contribution in [1.82, 2.24) is 14.5 Å². The van der Waals surface area contributed by atoms with Gasteiger partial charge in [-0.1, -0.05) is 29.8 Å². The number of aromatic nitrogens is 2. The summed E-state index contributed by atoms with van der Waals surface area (Å²) in [4.78, 5) is 0.283. The van der Waals surface area contributed by atoms with Crippen molar-refractivity contribution in [3.8, 4) is 11.3 Å². The molecule has 0 saturated carbocycles. The first-order valence-corrected chi connectivity index (χ1v) is 11.7. The molecule has 1 aliphatic rings. The van der Waals surface area contributed by atoms with Gasteiger partial charge in [0.2, 0.25) is 10.0 Å². The van der Waals surface area contributed by atoms with Crippen molar-refractivity contribution < 1.29 is 13.2 Å².